The van der Waals surface area contributed by atoms with Crippen molar-refractivity contribution in [2.75, 3.05) is 13.2 Å². The van der Waals surface area contributed by atoms with Gasteiger partial charge >= 0.3 is 12.1 Å². The van der Waals surface area contributed by atoms with Gasteiger partial charge in [0.1, 0.15) is 5.60 Å². The molecule has 0 aromatic heterocycles. The van der Waals surface area contributed by atoms with E-state index in [0.29, 0.717) is 0 Å². The van der Waals surface area contributed by atoms with E-state index < -0.39 is 6.09 Å². The second-order valence-corrected chi connectivity index (χ2v) is 3.66. The molecule has 0 fully saturated rings. The van der Waals surface area contributed by atoms with Crippen molar-refractivity contribution in [1.82, 2.24) is 5.32 Å². The fraction of sp³-hybridized carbons (Fsp3) is 0.778. The summed E-state index contributed by atoms with van der Waals surface area (Å²) in [4.78, 5) is 19.8. The number of hydrogen-bond donors (Lipinski definition) is 3. The SMILES string of the molecule is CC(=O)OC(C)(C)C.O=C(O)NCCO. The molecule has 0 bridgehead atoms. The fourth-order valence-electron chi connectivity index (χ4n) is 0.594. The minimum absolute atomic E-state index is 0.106. The molecule has 0 heterocycles. The summed E-state index contributed by atoms with van der Waals surface area (Å²) in [5, 5.41) is 17.8. The van der Waals surface area contributed by atoms with Gasteiger partial charge in [0.15, 0.2) is 0 Å². The molecule has 3 N–H and O–H groups in total. The summed E-state index contributed by atoms with van der Waals surface area (Å²) in [6, 6.07) is 0. The van der Waals surface area contributed by atoms with Crippen LogP contribution in [0.15, 0.2) is 0 Å². The van der Waals surface area contributed by atoms with Crippen molar-refractivity contribution in [3.63, 3.8) is 0 Å². The number of rotatable bonds is 2. The van der Waals surface area contributed by atoms with Crippen LogP contribution in [-0.2, 0) is 9.53 Å². The Morgan fingerprint density at radius 3 is 1.87 bits per heavy atom. The van der Waals surface area contributed by atoms with E-state index in [0.717, 1.165) is 0 Å². The second kappa shape index (κ2) is 8.05. The minimum Gasteiger partial charge on any atom is -0.465 e. The summed E-state index contributed by atoms with van der Waals surface area (Å²) in [5.41, 5.74) is -0.328. The van der Waals surface area contributed by atoms with E-state index in [4.69, 9.17) is 14.9 Å². The van der Waals surface area contributed by atoms with Gasteiger partial charge in [-0.25, -0.2) is 4.79 Å². The largest absolute Gasteiger partial charge is 0.465 e. The Morgan fingerprint density at radius 1 is 1.33 bits per heavy atom. The van der Waals surface area contributed by atoms with E-state index >= 15 is 0 Å². The third-order valence-electron chi connectivity index (χ3n) is 0.838. The van der Waals surface area contributed by atoms with Crippen LogP contribution in [0, 0.1) is 0 Å². The van der Waals surface area contributed by atoms with Gasteiger partial charge in [-0.2, -0.15) is 0 Å². The monoisotopic (exact) mass is 221 g/mol. The fourth-order valence-corrected chi connectivity index (χ4v) is 0.594. The summed E-state index contributed by atoms with van der Waals surface area (Å²) in [6.45, 7) is 6.89. The Hall–Kier alpha value is -1.30. The van der Waals surface area contributed by atoms with Gasteiger partial charge in [0.25, 0.3) is 0 Å². The molecule has 0 saturated heterocycles. The Kier molecular flexibility index (Phi) is 8.66. The lowest BCUT2D eigenvalue weighted by atomic mass is 10.2. The highest BCUT2D eigenvalue weighted by Gasteiger charge is 2.11. The van der Waals surface area contributed by atoms with E-state index in [1.54, 1.807) is 0 Å². The van der Waals surface area contributed by atoms with Crippen LogP contribution < -0.4 is 5.32 Å². The lowest BCUT2D eigenvalue weighted by molar-refractivity contribution is -0.151. The van der Waals surface area contributed by atoms with Crippen LogP contribution in [0.1, 0.15) is 27.7 Å². The minimum atomic E-state index is -1.10. The zero-order valence-corrected chi connectivity index (χ0v) is 9.53. The van der Waals surface area contributed by atoms with Crippen molar-refractivity contribution >= 4 is 12.1 Å². The van der Waals surface area contributed by atoms with Crippen molar-refractivity contribution in [3.8, 4) is 0 Å². The Balaban J connectivity index is 0. The predicted molar refractivity (Wildman–Crippen MR) is 54.6 cm³/mol. The molecule has 0 rings (SSSR count). The molecule has 6 heteroatoms. The molecule has 0 aromatic rings. The number of aliphatic hydroxyl groups excluding tert-OH is 1. The van der Waals surface area contributed by atoms with Crippen molar-refractivity contribution in [3.05, 3.63) is 0 Å². The van der Waals surface area contributed by atoms with E-state index in [2.05, 4.69) is 0 Å². The smallest absolute Gasteiger partial charge is 0.404 e. The second-order valence-electron chi connectivity index (χ2n) is 3.66. The lowest BCUT2D eigenvalue weighted by Gasteiger charge is -2.17. The van der Waals surface area contributed by atoms with Gasteiger partial charge in [-0.05, 0) is 20.8 Å². The molecule has 1 amide bonds. The number of hydrogen-bond acceptors (Lipinski definition) is 4. The maximum absolute atomic E-state index is 10.2. The first-order valence-electron chi connectivity index (χ1n) is 4.46. The number of aliphatic hydroxyl groups is 1. The number of carbonyl (C=O) groups is 2. The molecule has 0 radical (unpaired) electrons. The van der Waals surface area contributed by atoms with Crippen LogP contribution in [0.4, 0.5) is 4.79 Å². The van der Waals surface area contributed by atoms with Gasteiger partial charge in [0.05, 0.1) is 6.61 Å². The average molecular weight is 221 g/mol. The van der Waals surface area contributed by atoms with E-state index in [1.807, 2.05) is 26.1 Å². The van der Waals surface area contributed by atoms with Crippen molar-refractivity contribution in [2.45, 2.75) is 33.3 Å². The molecule has 0 atom stereocenters. The maximum atomic E-state index is 10.2. The summed E-state index contributed by atoms with van der Waals surface area (Å²) < 4.78 is 4.80. The maximum Gasteiger partial charge on any atom is 0.404 e. The van der Waals surface area contributed by atoms with Gasteiger partial charge in [-0.15, -0.1) is 0 Å². The summed E-state index contributed by atoms with van der Waals surface area (Å²) in [7, 11) is 0. The van der Waals surface area contributed by atoms with Crippen LogP contribution in [0.3, 0.4) is 0 Å². The molecule has 15 heavy (non-hydrogen) atoms. The first-order valence-corrected chi connectivity index (χ1v) is 4.46. The van der Waals surface area contributed by atoms with Crippen LogP contribution in [0.25, 0.3) is 0 Å². The van der Waals surface area contributed by atoms with Crippen LogP contribution in [0.5, 0.6) is 0 Å². The summed E-state index contributed by atoms with van der Waals surface area (Å²) in [6.07, 6.45) is -1.10. The Bertz CT molecular complexity index is 197. The average Bonchev–Trinajstić information content (AvgIpc) is 1.96. The Labute approximate surface area is 89.2 Å². The molecule has 0 spiro atoms. The third-order valence-corrected chi connectivity index (χ3v) is 0.838. The first-order chi connectivity index (χ1) is 6.69. The molecular weight excluding hydrogens is 202 g/mol. The summed E-state index contributed by atoms with van der Waals surface area (Å²) in [5.74, 6) is -0.225. The van der Waals surface area contributed by atoms with Gasteiger partial charge in [-0.3, -0.25) is 4.79 Å². The quantitative estimate of drug-likeness (QED) is 0.593. The lowest BCUT2D eigenvalue weighted by Crippen LogP contribution is -2.23. The van der Waals surface area contributed by atoms with Gasteiger partial charge in [0, 0.05) is 13.5 Å². The van der Waals surface area contributed by atoms with Crippen LogP contribution >= 0.6 is 0 Å². The molecule has 0 aliphatic carbocycles. The molecule has 0 aliphatic rings. The highest BCUT2D eigenvalue weighted by Crippen LogP contribution is 2.05. The normalized spacial score (nSPS) is 9.67. The number of esters is 1. The van der Waals surface area contributed by atoms with Gasteiger partial charge in [-0.1, -0.05) is 0 Å². The number of carboxylic acid groups (broad SMARTS) is 1. The number of carbonyl (C=O) groups excluding carboxylic acids is 1. The van der Waals surface area contributed by atoms with Crippen molar-refractivity contribution in [1.29, 1.82) is 0 Å². The summed E-state index contributed by atoms with van der Waals surface area (Å²) >= 11 is 0. The Morgan fingerprint density at radius 2 is 1.80 bits per heavy atom. The zero-order valence-electron chi connectivity index (χ0n) is 9.53. The van der Waals surface area contributed by atoms with Crippen molar-refractivity contribution in [2.24, 2.45) is 0 Å². The highest BCUT2D eigenvalue weighted by molar-refractivity contribution is 5.66. The number of nitrogens with one attached hydrogen (secondary N) is 1. The molecule has 0 saturated carbocycles. The molecule has 90 valence electrons. The number of amides is 1. The third kappa shape index (κ3) is 24.5. The number of ether oxygens (including phenoxy) is 1. The van der Waals surface area contributed by atoms with Gasteiger partial charge in [0.2, 0.25) is 0 Å². The van der Waals surface area contributed by atoms with E-state index in [9.17, 15) is 9.59 Å². The van der Waals surface area contributed by atoms with Crippen molar-refractivity contribution < 1.29 is 24.5 Å². The first kappa shape index (κ1) is 16.1. The van der Waals surface area contributed by atoms with Gasteiger partial charge < -0.3 is 20.3 Å². The van der Waals surface area contributed by atoms with Crippen LogP contribution in [0.2, 0.25) is 0 Å². The molecule has 0 aromatic carbocycles. The molecule has 6 nitrogen and oxygen atoms in total. The molecule has 0 unspecified atom stereocenters. The van der Waals surface area contributed by atoms with E-state index in [1.165, 1.54) is 6.92 Å². The zero-order chi connectivity index (χ0) is 12.5. The predicted octanol–water partition coefficient (Wildman–Crippen LogP) is 0.594. The molecule has 0 aliphatic heterocycles. The van der Waals surface area contributed by atoms with Crippen LogP contribution in [-0.4, -0.2) is 41.0 Å². The standard InChI is InChI=1S/C6H12O2.C3H7NO3/c1-5(7)8-6(2,3)4;5-2-1-4-3(6)7/h1-4H3;4-5H,1-2H2,(H,6,7). The van der Waals surface area contributed by atoms with E-state index in [-0.39, 0.29) is 24.7 Å². The molecular formula is C9H19NO5. The highest BCUT2D eigenvalue weighted by atomic mass is 16.6. The topological polar surface area (TPSA) is 95.9 Å².